The summed E-state index contributed by atoms with van der Waals surface area (Å²) in [7, 11) is 0. The first-order chi connectivity index (χ1) is 11.3. The van der Waals surface area contributed by atoms with Crippen LogP contribution in [0.25, 0.3) is 0 Å². The fourth-order valence-corrected chi connectivity index (χ4v) is 2.56. The van der Waals surface area contributed by atoms with E-state index in [0.717, 1.165) is 16.7 Å². The highest BCUT2D eigenvalue weighted by molar-refractivity contribution is 5.30. The van der Waals surface area contributed by atoms with Gasteiger partial charge < -0.3 is 10.4 Å². The van der Waals surface area contributed by atoms with Gasteiger partial charge >= 0.3 is 0 Å². The SMILES string of the molecule is OC(CNC(c1ccccc1)c1ccncc1)c1ccncc1. The van der Waals surface area contributed by atoms with Crippen molar-refractivity contribution in [3.05, 3.63) is 96.1 Å². The maximum Gasteiger partial charge on any atom is 0.0915 e. The summed E-state index contributed by atoms with van der Waals surface area (Å²) in [5, 5.41) is 13.8. The Morgan fingerprint density at radius 2 is 1.26 bits per heavy atom. The van der Waals surface area contributed by atoms with E-state index in [9.17, 15) is 5.11 Å². The van der Waals surface area contributed by atoms with Crippen LogP contribution in [0.4, 0.5) is 0 Å². The molecule has 3 aromatic rings. The van der Waals surface area contributed by atoms with Gasteiger partial charge in [0.2, 0.25) is 0 Å². The Morgan fingerprint density at radius 1 is 0.739 bits per heavy atom. The lowest BCUT2D eigenvalue weighted by molar-refractivity contribution is 0.172. The zero-order chi connectivity index (χ0) is 15.9. The van der Waals surface area contributed by atoms with E-state index < -0.39 is 6.10 Å². The highest BCUT2D eigenvalue weighted by Gasteiger charge is 2.15. The lowest BCUT2D eigenvalue weighted by Gasteiger charge is -2.22. The number of nitrogens with zero attached hydrogens (tertiary/aromatic N) is 2. The molecule has 0 saturated carbocycles. The molecule has 4 heteroatoms. The molecule has 2 aromatic heterocycles. The smallest absolute Gasteiger partial charge is 0.0915 e. The maximum atomic E-state index is 10.4. The third-order valence-electron chi connectivity index (χ3n) is 3.78. The fourth-order valence-electron chi connectivity index (χ4n) is 2.56. The van der Waals surface area contributed by atoms with Gasteiger partial charge in [-0.25, -0.2) is 0 Å². The minimum atomic E-state index is -0.578. The first-order valence-electron chi connectivity index (χ1n) is 7.61. The van der Waals surface area contributed by atoms with Crippen molar-refractivity contribution in [3.8, 4) is 0 Å². The molecule has 0 spiro atoms. The number of rotatable bonds is 6. The van der Waals surface area contributed by atoms with E-state index in [1.807, 2.05) is 42.5 Å². The number of hydrogen-bond donors (Lipinski definition) is 2. The standard InChI is InChI=1S/C19H19N3O/c23-18(15-6-10-20-11-7-15)14-22-19(16-4-2-1-3-5-16)17-8-12-21-13-9-17/h1-13,18-19,22-23H,14H2. The summed E-state index contributed by atoms with van der Waals surface area (Å²) in [5.41, 5.74) is 3.13. The number of aliphatic hydroxyl groups is 1. The molecule has 0 fully saturated rings. The summed E-state index contributed by atoms with van der Waals surface area (Å²) in [5.74, 6) is 0. The molecule has 0 aliphatic carbocycles. The molecule has 2 heterocycles. The van der Waals surface area contributed by atoms with E-state index in [4.69, 9.17) is 0 Å². The summed E-state index contributed by atoms with van der Waals surface area (Å²) >= 11 is 0. The molecule has 0 radical (unpaired) electrons. The Hall–Kier alpha value is -2.56. The summed E-state index contributed by atoms with van der Waals surface area (Å²) < 4.78 is 0. The van der Waals surface area contributed by atoms with Gasteiger partial charge in [0.25, 0.3) is 0 Å². The normalized spacial score (nSPS) is 13.4. The molecular formula is C19H19N3O. The molecule has 1 aromatic carbocycles. The molecule has 0 aliphatic heterocycles. The average Bonchev–Trinajstić information content (AvgIpc) is 2.64. The van der Waals surface area contributed by atoms with Gasteiger partial charge in [-0.3, -0.25) is 9.97 Å². The molecule has 0 saturated heterocycles. The summed E-state index contributed by atoms with van der Waals surface area (Å²) in [6.07, 6.45) is 6.37. The minimum absolute atomic E-state index is 0.00990. The number of aromatic nitrogens is 2. The molecule has 23 heavy (non-hydrogen) atoms. The first kappa shape index (κ1) is 15.3. The lowest BCUT2D eigenvalue weighted by Crippen LogP contribution is -2.27. The van der Waals surface area contributed by atoms with Gasteiger partial charge in [0.15, 0.2) is 0 Å². The third kappa shape index (κ3) is 4.00. The second-order valence-corrected chi connectivity index (χ2v) is 5.33. The quantitative estimate of drug-likeness (QED) is 0.735. The highest BCUT2D eigenvalue weighted by Crippen LogP contribution is 2.22. The van der Waals surface area contributed by atoms with Crippen molar-refractivity contribution >= 4 is 0 Å². The van der Waals surface area contributed by atoms with Crippen LogP contribution in [0.5, 0.6) is 0 Å². The van der Waals surface area contributed by atoms with Crippen LogP contribution in [-0.2, 0) is 0 Å². The van der Waals surface area contributed by atoms with Crippen LogP contribution in [0, 0.1) is 0 Å². The number of aliphatic hydroxyl groups excluding tert-OH is 1. The van der Waals surface area contributed by atoms with E-state index in [-0.39, 0.29) is 6.04 Å². The molecule has 0 aliphatic rings. The largest absolute Gasteiger partial charge is 0.387 e. The van der Waals surface area contributed by atoms with Crippen LogP contribution in [0.2, 0.25) is 0 Å². The Morgan fingerprint density at radius 3 is 1.87 bits per heavy atom. The van der Waals surface area contributed by atoms with Crippen molar-refractivity contribution in [2.75, 3.05) is 6.54 Å². The van der Waals surface area contributed by atoms with Crippen molar-refractivity contribution in [2.24, 2.45) is 0 Å². The molecule has 2 atom stereocenters. The maximum absolute atomic E-state index is 10.4. The van der Waals surface area contributed by atoms with Crippen molar-refractivity contribution in [2.45, 2.75) is 12.1 Å². The molecule has 3 rings (SSSR count). The average molecular weight is 305 g/mol. The number of benzene rings is 1. The summed E-state index contributed by atoms with van der Waals surface area (Å²) in [6, 6.07) is 17.8. The van der Waals surface area contributed by atoms with Crippen LogP contribution in [0.3, 0.4) is 0 Å². The monoisotopic (exact) mass is 305 g/mol. The van der Waals surface area contributed by atoms with Crippen molar-refractivity contribution < 1.29 is 5.11 Å². The van der Waals surface area contributed by atoms with E-state index >= 15 is 0 Å². The number of hydrogen-bond acceptors (Lipinski definition) is 4. The third-order valence-corrected chi connectivity index (χ3v) is 3.78. The zero-order valence-corrected chi connectivity index (χ0v) is 12.7. The second-order valence-electron chi connectivity index (χ2n) is 5.33. The molecule has 2 unspecified atom stereocenters. The van der Waals surface area contributed by atoms with E-state index in [2.05, 4.69) is 27.4 Å². The second kappa shape index (κ2) is 7.63. The Bertz CT molecular complexity index is 665. The summed E-state index contributed by atoms with van der Waals surface area (Å²) in [4.78, 5) is 8.06. The van der Waals surface area contributed by atoms with Crippen LogP contribution in [-0.4, -0.2) is 21.6 Å². The Balaban J connectivity index is 1.77. The summed E-state index contributed by atoms with van der Waals surface area (Å²) in [6.45, 7) is 0.450. The Labute approximate surface area is 135 Å². The van der Waals surface area contributed by atoms with Gasteiger partial charge in [-0.2, -0.15) is 0 Å². The lowest BCUT2D eigenvalue weighted by atomic mass is 9.99. The first-order valence-corrected chi connectivity index (χ1v) is 7.61. The molecule has 0 bridgehead atoms. The predicted octanol–water partition coefficient (Wildman–Crippen LogP) is 2.89. The molecule has 116 valence electrons. The van der Waals surface area contributed by atoms with Crippen LogP contribution in [0.15, 0.2) is 79.4 Å². The van der Waals surface area contributed by atoms with Gasteiger partial charge in [0.05, 0.1) is 12.1 Å². The van der Waals surface area contributed by atoms with Crippen molar-refractivity contribution in [3.63, 3.8) is 0 Å². The van der Waals surface area contributed by atoms with Gasteiger partial charge in [0.1, 0.15) is 0 Å². The van der Waals surface area contributed by atoms with E-state index in [0.29, 0.717) is 6.54 Å². The number of pyridine rings is 2. The van der Waals surface area contributed by atoms with Gasteiger partial charge in [-0.1, -0.05) is 30.3 Å². The van der Waals surface area contributed by atoms with Gasteiger partial charge in [-0.15, -0.1) is 0 Å². The van der Waals surface area contributed by atoms with Gasteiger partial charge in [0, 0.05) is 31.3 Å². The van der Waals surface area contributed by atoms with Crippen LogP contribution in [0.1, 0.15) is 28.8 Å². The van der Waals surface area contributed by atoms with E-state index in [1.165, 1.54) is 0 Å². The predicted molar refractivity (Wildman–Crippen MR) is 89.7 cm³/mol. The molecular weight excluding hydrogens is 286 g/mol. The Kier molecular flexibility index (Phi) is 5.09. The molecule has 4 nitrogen and oxygen atoms in total. The zero-order valence-electron chi connectivity index (χ0n) is 12.7. The van der Waals surface area contributed by atoms with E-state index in [1.54, 1.807) is 24.8 Å². The minimum Gasteiger partial charge on any atom is -0.387 e. The van der Waals surface area contributed by atoms with Crippen molar-refractivity contribution in [1.82, 2.24) is 15.3 Å². The van der Waals surface area contributed by atoms with Crippen LogP contribution >= 0.6 is 0 Å². The van der Waals surface area contributed by atoms with Crippen molar-refractivity contribution in [1.29, 1.82) is 0 Å². The highest BCUT2D eigenvalue weighted by atomic mass is 16.3. The number of nitrogens with one attached hydrogen (secondary N) is 1. The van der Waals surface area contributed by atoms with Crippen LogP contribution < -0.4 is 5.32 Å². The molecule has 0 amide bonds. The topological polar surface area (TPSA) is 58.0 Å². The van der Waals surface area contributed by atoms with Gasteiger partial charge in [-0.05, 0) is 41.0 Å². The fraction of sp³-hybridized carbons (Fsp3) is 0.158. The molecule has 2 N–H and O–H groups in total.